The first kappa shape index (κ1) is 18.0. The second-order valence-corrected chi connectivity index (χ2v) is 6.44. The summed E-state index contributed by atoms with van der Waals surface area (Å²) in [5.41, 5.74) is 6.25. The molecule has 0 aromatic carbocycles. The molecule has 0 saturated carbocycles. The molecule has 1 atom stereocenters. The van der Waals surface area contributed by atoms with Crippen LogP contribution in [-0.4, -0.2) is 26.3 Å². The lowest BCUT2D eigenvalue weighted by atomic mass is 9.89. The molecule has 0 fully saturated rings. The lowest BCUT2D eigenvalue weighted by Crippen LogP contribution is -2.36. The molecular weight excluding hydrogens is 309 g/mol. The summed E-state index contributed by atoms with van der Waals surface area (Å²) >= 11 is 0. The Kier molecular flexibility index (Phi) is 5.64. The van der Waals surface area contributed by atoms with E-state index in [1.54, 1.807) is 6.92 Å². The predicted molar refractivity (Wildman–Crippen MR) is 93.2 cm³/mol. The van der Waals surface area contributed by atoms with Gasteiger partial charge in [-0.1, -0.05) is 19.8 Å². The van der Waals surface area contributed by atoms with Crippen molar-refractivity contribution in [2.45, 2.75) is 58.4 Å². The van der Waals surface area contributed by atoms with Crippen molar-refractivity contribution in [3.8, 4) is 0 Å². The van der Waals surface area contributed by atoms with Crippen molar-refractivity contribution >= 4 is 28.6 Å². The van der Waals surface area contributed by atoms with E-state index in [0.29, 0.717) is 29.7 Å². The molecule has 0 unspecified atom stereocenters. The van der Waals surface area contributed by atoms with Crippen LogP contribution in [0.1, 0.15) is 52.9 Å². The molecule has 0 aliphatic carbocycles. The van der Waals surface area contributed by atoms with Gasteiger partial charge >= 0.3 is 0 Å². The zero-order chi connectivity index (χ0) is 17.7. The van der Waals surface area contributed by atoms with Crippen LogP contribution in [0.5, 0.6) is 0 Å². The number of hydrogen-bond donors (Lipinski definition) is 2. The van der Waals surface area contributed by atoms with E-state index in [-0.39, 0.29) is 17.3 Å². The molecule has 0 aliphatic rings. The molecule has 24 heavy (non-hydrogen) atoms. The van der Waals surface area contributed by atoms with Crippen molar-refractivity contribution in [1.82, 2.24) is 15.0 Å². The number of fused-ring (bicyclic) bond motifs is 1. The number of aromatic nitrogens is 3. The first-order valence-electron chi connectivity index (χ1n) is 8.19. The van der Waals surface area contributed by atoms with Gasteiger partial charge in [0.05, 0.1) is 11.7 Å². The molecule has 6 nitrogen and oxygen atoms in total. The SMILES string of the molecule is CCCC[C@@](C)(CCC(C)=O)Nc1nc(N)nc2cc(F)cnc12. The molecule has 2 rings (SSSR count). The van der Waals surface area contributed by atoms with Gasteiger partial charge < -0.3 is 15.8 Å². The largest absolute Gasteiger partial charge is 0.368 e. The van der Waals surface area contributed by atoms with Crippen molar-refractivity contribution in [3.63, 3.8) is 0 Å². The molecule has 2 aromatic heterocycles. The molecule has 0 bridgehead atoms. The Balaban J connectivity index is 2.37. The number of unbranched alkanes of at least 4 members (excludes halogenated alkanes) is 1. The van der Waals surface area contributed by atoms with Crippen LogP contribution in [-0.2, 0) is 4.79 Å². The highest BCUT2D eigenvalue weighted by Crippen LogP contribution is 2.28. The summed E-state index contributed by atoms with van der Waals surface area (Å²) in [6, 6.07) is 1.28. The highest BCUT2D eigenvalue weighted by atomic mass is 19.1. The minimum atomic E-state index is -0.475. The van der Waals surface area contributed by atoms with E-state index in [2.05, 4.69) is 34.1 Å². The van der Waals surface area contributed by atoms with Gasteiger partial charge in [0.1, 0.15) is 17.1 Å². The monoisotopic (exact) mass is 333 g/mol. The molecular formula is C17H24FN5O. The maximum atomic E-state index is 13.4. The first-order chi connectivity index (χ1) is 11.3. The fourth-order valence-corrected chi connectivity index (χ4v) is 2.65. The van der Waals surface area contributed by atoms with Crippen molar-refractivity contribution in [1.29, 1.82) is 0 Å². The lowest BCUT2D eigenvalue weighted by molar-refractivity contribution is -0.117. The second-order valence-electron chi connectivity index (χ2n) is 6.44. The molecule has 0 spiro atoms. The quantitative estimate of drug-likeness (QED) is 0.768. The summed E-state index contributed by atoms with van der Waals surface area (Å²) in [7, 11) is 0. The highest BCUT2D eigenvalue weighted by molar-refractivity contribution is 5.86. The van der Waals surface area contributed by atoms with E-state index in [1.807, 2.05) is 0 Å². The summed E-state index contributed by atoms with van der Waals surface area (Å²) in [6.45, 7) is 5.76. The number of nitrogen functional groups attached to an aromatic ring is 1. The Morgan fingerprint density at radius 3 is 2.79 bits per heavy atom. The number of anilines is 2. The predicted octanol–water partition coefficient (Wildman–Crippen LogP) is 3.48. The van der Waals surface area contributed by atoms with Gasteiger partial charge in [0.25, 0.3) is 0 Å². The Bertz CT molecular complexity index is 731. The van der Waals surface area contributed by atoms with Crippen LogP contribution in [0.15, 0.2) is 12.3 Å². The molecule has 0 saturated heterocycles. The van der Waals surface area contributed by atoms with Gasteiger partial charge in [-0.25, -0.2) is 14.4 Å². The van der Waals surface area contributed by atoms with Crippen molar-refractivity contribution in [2.75, 3.05) is 11.1 Å². The Morgan fingerprint density at radius 1 is 1.38 bits per heavy atom. The van der Waals surface area contributed by atoms with Crippen LogP contribution < -0.4 is 11.1 Å². The van der Waals surface area contributed by atoms with Crippen LogP contribution in [0.4, 0.5) is 16.2 Å². The molecule has 0 amide bonds. The van der Waals surface area contributed by atoms with Crippen LogP contribution in [0.2, 0.25) is 0 Å². The van der Waals surface area contributed by atoms with Gasteiger partial charge in [-0.05, 0) is 26.7 Å². The zero-order valence-corrected chi connectivity index (χ0v) is 14.4. The zero-order valence-electron chi connectivity index (χ0n) is 14.4. The lowest BCUT2D eigenvalue weighted by Gasteiger charge is -2.31. The number of halogens is 1. The third-order valence-corrected chi connectivity index (χ3v) is 4.05. The number of nitrogens with one attached hydrogen (secondary N) is 1. The van der Waals surface area contributed by atoms with Gasteiger partial charge in [0.15, 0.2) is 5.82 Å². The van der Waals surface area contributed by atoms with Gasteiger partial charge in [-0.3, -0.25) is 0 Å². The number of carbonyl (C=O) groups is 1. The number of rotatable bonds is 8. The minimum absolute atomic E-state index is 0.0572. The molecule has 2 heterocycles. The van der Waals surface area contributed by atoms with Crippen LogP contribution in [0.3, 0.4) is 0 Å². The molecule has 7 heteroatoms. The summed E-state index contributed by atoms with van der Waals surface area (Å²) in [5, 5.41) is 3.38. The first-order valence-corrected chi connectivity index (χ1v) is 8.19. The third-order valence-electron chi connectivity index (χ3n) is 4.05. The van der Waals surface area contributed by atoms with E-state index in [9.17, 15) is 9.18 Å². The van der Waals surface area contributed by atoms with E-state index in [1.165, 1.54) is 6.07 Å². The number of ketones is 1. The number of hydrogen-bond acceptors (Lipinski definition) is 6. The molecule has 130 valence electrons. The average molecular weight is 333 g/mol. The van der Waals surface area contributed by atoms with Gasteiger partial charge in [0, 0.05) is 18.0 Å². The Labute approximate surface area is 141 Å². The number of carbonyl (C=O) groups excluding carboxylic acids is 1. The van der Waals surface area contributed by atoms with Gasteiger partial charge in [0.2, 0.25) is 5.95 Å². The smallest absolute Gasteiger partial charge is 0.222 e. The van der Waals surface area contributed by atoms with Crippen LogP contribution >= 0.6 is 0 Å². The standard InChI is InChI=1S/C17H24FN5O/c1-4-5-7-17(3,8-6-11(2)24)23-15-14-13(21-16(19)22-15)9-12(18)10-20-14/h9-10H,4-8H2,1-3H3,(H3,19,21,22,23)/t17-/m0/s1. The summed E-state index contributed by atoms with van der Waals surface area (Å²) in [5.74, 6) is 0.199. The van der Waals surface area contributed by atoms with E-state index < -0.39 is 5.82 Å². The van der Waals surface area contributed by atoms with Gasteiger partial charge in [-0.2, -0.15) is 4.98 Å². The van der Waals surface area contributed by atoms with Crippen molar-refractivity contribution in [2.24, 2.45) is 0 Å². The Hall–Kier alpha value is -2.31. The topological polar surface area (TPSA) is 93.8 Å². The Morgan fingerprint density at radius 2 is 2.12 bits per heavy atom. The van der Waals surface area contributed by atoms with Crippen molar-refractivity contribution < 1.29 is 9.18 Å². The van der Waals surface area contributed by atoms with E-state index in [0.717, 1.165) is 25.5 Å². The molecule has 0 aliphatic heterocycles. The fourth-order valence-electron chi connectivity index (χ4n) is 2.65. The summed E-state index contributed by atoms with van der Waals surface area (Å²) in [6.07, 6.45) is 5.23. The van der Waals surface area contributed by atoms with E-state index >= 15 is 0 Å². The second kappa shape index (κ2) is 7.51. The van der Waals surface area contributed by atoms with Crippen LogP contribution in [0.25, 0.3) is 11.0 Å². The van der Waals surface area contributed by atoms with E-state index in [4.69, 9.17) is 5.73 Å². The van der Waals surface area contributed by atoms with Crippen molar-refractivity contribution in [3.05, 3.63) is 18.1 Å². The highest BCUT2D eigenvalue weighted by Gasteiger charge is 2.26. The number of nitrogens with zero attached hydrogens (tertiary/aromatic N) is 3. The number of Topliss-reactive ketones (excluding diaryl/α,β-unsaturated/α-hetero) is 1. The minimum Gasteiger partial charge on any atom is -0.368 e. The normalized spacial score (nSPS) is 13.7. The maximum absolute atomic E-state index is 13.4. The fraction of sp³-hybridized carbons (Fsp3) is 0.529. The molecule has 3 N–H and O–H groups in total. The summed E-state index contributed by atoms with van der Waals surface area (Å²) < 4.78 is 13.4. The maximum Gasteiger partial charge on any atom is 0.222 e. The molecule has 2 aromatic rings. The average Bonchev–Trinajstić information content (AvgIpc) is 2.50. The van der Waals surface area contributed by atoms with Crippen LogP contribution in [0, 0.1) is 5.82 Å². The summed E-state index contributed by atoms with van der Waals surface area (Å²) in [4.78, 5) is 23.8. The van der Waals surface area contributed by atoms with Gasteiger partial charge in [-0.15, -0.1) is 0 Å². The number of nitrogens with two attached hydrogens (primary N) is 1. The third kappa shape index (κ3) is 4.59. The number of pyridine rings is 1. The molecule has 0 radical (unpaired) electrons.